The molecule has 3 aliphatic rings. The highest BCUT2D eigenvalue weighted by molar-refractivity contribution is 6.08. The molecule has 0 saturated carbocycles. The average Bonchev–Trinajstić information content (AvgIpc) is 3.44. The first-order valence-electron chi connectivity index (χ1n) is 13.0. The van der Waals surface area contributed by atoms with Gasteiger partial charge in [-0.15, -0.1) is 0 Å². The summed E-state index contributed by atoms with van der Waals surface area (Å²) < 4.78 is 23.1. The lowest BCUT2D eigenvalue weighted by Crippen LogP contribution is -2.38. The molecule has 0 N–H and O–H groups in total. The molecule has 3 atom stereocenters. The third kappa shape index (κ3) is 5.47. The number of rotatable bonds is 8. The van der Waals surface area contributed by atoms with Crippen LogP contribution in [0, 0.1) is 5.92 Å². The van der Waals surface area contributed by atoms with Crippen molar-refractivity contribution in [1.82, 2.24) is 0 Å². The van der Waals surface area contributed by atoms with Crippen molar-refractivity contribution in [2.24, 2.45) is 10.9 Å². The normalized spacial score (nSPS) is 23.4. The Balaban J connectivity index is 1.45. The molecule has 0 aromatic heterocycles. The van der Waals surface area contributed by atoms with E-state index in [1.54, 1.807) is 7.11 Å². The Bertz CT molecular complexity index is 1210. The van der Waals surface area contributed by atoms with Crippen LogP contribution in [0.3, 0.4) is 0 Å². The molecular formula is C30H33NO6. The highest BCUT2D eigenvalue weighted by Crippen LogP contribution is 2.45. The number of hydrogen-bond donors (Lipinski definition) is 0. The number of carbonyl (C=O) groups excluding carboxylic acids is 2. The minimum absolute atomic E-state index is 0.0443. The quantitative estimate of drug-likeness (QED) is 0.462. The number of aliphatic imine (C=N–C) groups is 1. The van der Waals surface area contributed by atoms with Crippen LogP contribution in [-0.4, -0.2) is 43.9 Å². The van der Waals surface area contributed by atoms with Crippen molar-refractivity contribution in [2.45, 2.75) is 57.7 Å². The molecule has 1 fully saturated rings. The van der Waals surface area contributed by atoms with Gasteiger partial charge in [0.1, 0.15) is 19.1 Å². The van der Waals surface area contributed by atoms with E-state index in [-0.39, 0.29) is 24.5 Å². The van der Waals surface area contributed by atoms with E-state index < -0.39 is 11.8 Å². The van der Waals surface area contributed by atoms with Crippen molar-refractivity contribution in [1.29, 1.82) is 0 Å². The molecular weight excluding hydrogens is 470 g/mol. The van der Waals surface area contributed by atoms with E-state index in [9.17, 15) is 9.59 Å². The van der Waals surface area contributed by atoms with Crippen LogP contribution >= 0.6 is 0 Å². The third-order valence-corrected chi connectivity index (χ3v) is 7.31. The van der Waals surface area contributed by atoms with Gasteiger partial charge in [0, 0.05) is 35.9 Å². The summed E-state index contributed by atoms with van der Waals surface area (Å²) in [6, 6.07) is 15.5. The van der Waals surface area contributed by atoms with Crippen LogP contribution in [-0.2, 0) is 25.7 Å². The first-order valence-corrected chi connectivity index (χ1v) is 13.0. The number of Topliss-reactive ketones (excluding diaryl/α,β-unsaturated/α-hetero) is 1. The van der Waals surface area contributed by atoms with Crippen LogP contribution in [0.5, 0.6) is 11.5 Å². The van der Waals surface area contributed by atoms with Crippen LogP contribution in [0.25, 0.3) is 0 Å². The first kappa shape index (κ1) is 25.2. The second-order valence-corrected chi connectivity index (χ2v) is 9.80. The largest absolute Gasteiger partial charge is 0.493 e. The molecule has 2 aromatic rings. The predicted octanol–water partition coefficient (Wildman–Crippen LogP) is 5.18. The summed E-state index contributed by atoms with van der Waals surface area (Å²) in [5, 5.41) is 0. The maximum absolute atomic E-state index is 13.5. The molecule has 7 heteroatoms. The number of carbonyl (C=O) groups is 2. The van der Waals surface area contributed by atoms with Crippen molar-refractivity contribution in [3.05, 3.63) is 70.9 Å². The van der Waals surface area contributed by atoms with E-state index in [0.29, 0.717) is 42.4 Å². The first-order chi connectivity index (χ1) is 18.0. The summed E-state index contributed by atoms with van der Waals surface area (Å²) in [6.07, 6.45) is 3.72. The van der Waals surface area contributed by atoms with Crippen molar-refractivity contribution in [3.63, 3.8) is 0 Å². The monoisotopic (exact) mass is 503 g/mol. The van der Waals surface area contributed by atoms with Gasteiger partial charge in [-0.3, -0.25) is 14.6 Å². The molecule has 37 heavy (non-hydrogen) atoms. The zero-order valence-corrected chi connectivity index (χ0v) is 21.4. The SMILES string of the molecule is COc1cc([C@@H]2C3=C(CCCC3=O)N=C(C)C2C(=O)OC[C@@H]2CCCO2)ccc1OCc1ccccc1. The van der Waals surface area contributed by atoms with E-state index in [0.717, 1.165) is 42.5 Å². The standard InChI is InChI=1S/C30H33NO6/c1-19-27(30(33)37-18-22-10-7-15-35-22)28(29-23(31-19)11-6-12-24(29)32)21-13-14-25(26(16-21)34-2)36-17-20-8-4-3-5-9-20/h3-5,8-9,13-14,16,22,27-28H,6-7,10-12,15,17-18H2,1-2H3/t22-,27?,28-/m0/s1. The van der Waals surface area contributed by atoms with E-state index in [1.807, 2.05) is 55.5 Å². The fourth-order valence-corrected chi connectivity index (χ4v) is 5.44. The molecule has 2 aliphatic heterocycles. The van der Waals surface area contributed by atoms with Crippen molar-refractivity contribution in [2.75, 3.05) is 20.3 Å². The molecule has 7 nitrogen and oxygen atoms in total. The van der Waals surface area contributed by atoms with E-state index in [1.165, 1.54) is 0 Å². The molecule has 1 saturated heterocycles. The lowest BCUT2D eigenvalue weighted by atomic mass is 9.71. The number of benzene rings is 2. The number of hydrogen-bond acceptors (Lipinski definition) is 7. The minimum Gasteiger partial charge on any atom is -0.493 e. The lowest BCUT2D eigenvalue weighted by molar-refractivity contribution is -0.149. The maximum Gasteiger partial charge on any atom is 0.315 e. The zero-order valence-electron chi connectivity index (χ0n) is 21.4. The number of allylic oxidation sites excluding steroid dienone is 2. The number of ketones is 1. The average molecular weight is 504 g/mol. The third-order valence-electron chi connectivity index (χ3n) is 7.31. The van der Waals surface area contributed by atoms with Crippen molar-refractivity contribution < 1.29 is 28.5 Å². The predicted molar refractivity (Wildman–Crippen MR) is 139 cm³/mol. The van der Waals surface area contributed by atoms with Gasteiger partial charge in [-0.05, 0) is 55.9 Å². The van der Waals surface area contributed by atoms with Crippen molar-refractivity contribution >= 4 is 17.5 Å². The summed E-state index contributed by atoms with van der Waals surface area (Å²) in [4.78, 5) is 31.4. The van der Waals surface area contributed by atoms with Crippen LogP contribution < -0.4 is 9.47 Å². The molecule has 2 aromatic carbocycles. The van der Waals surface area contributed by atoms with Crippen LogP contribution in [0.4, 0.5) is 0 Å². The molecule has 0 radical (unpaired) electrons. The summed E-state index contributed by atoms with van der Waals surface area (Å²) in [5.74, 6) is -0.376. The minimum atomic E-state index is -0.692. The number of ether oxygens (including phenoxy) is 4. The molecule has 0 amide bonds. The summed E-state index contributed by atoms with van der Waals surface area (Å²) in [5.41, 5.74) is 3.92. The maximum atomic E-state index is 13.5. The van der Waals surface area contributed by atoms with Gasteiger partial charge in [0.15, 0.2) is 17.3 Å². The van der Waals surface area contributed by atoms with Gasteiger partial charge in [-0.1, -0.05) is 36.4 Å². The number of methoxy groups -OCH3 is 1. The molecule has 0 bridgehead atoms. The zero-order chi connectivity index (χ0) is 25.8. The van der Waals surface area contributed by atoms with Gasteiger partial charge < -0.3 is 18.9 Å². The fourth-order valence-electron chi connectivity index (χ4n) is 5.44. The smallest absolute Gasteiger partial charge is 0.315 e. The lowest BCUT2D eigenvalue weighted by Gasteiger charge is -2.34. The molecule has 2 heterocycles. The summed E-state index contributed by atoms with van der Waals surface area (Å²) in [7, 11) is 1.59. The molecule has 5 rings (SSSR count). The topological polar surface area (TPSA) is 83.4 Å². The highest BCUT2D eigenvalue weighted by Gasteiger charge is 2.43. The second kappa shape index (κ2) is 11.3. The molecule has 1 unspecified atom stereocenters. The Morgan fingerprint density at radius 3 is 2.68 bits per heavy atom. The van der Waals surface area contributed by atoms with Crippen molar-refractivity contribution in [3.8, 4) is 11.5 Å². The van der Waals surface area contributed by atoms with Crippen LogP contribution in [0.1, 0.15) is 56.1 Å². The van der Waals surface area contributed by atoms with Gasteiger partial charge in [-0.2, -0.15) is 0 Å². The van der Waals surface area contributed by atoms with Crippen LogP contribution in [0.2, 0.25) is 0 Å². The Morgan fingerprint density at radius 1 is 1.08 bits per heavy atom. The number of nitrogens with zero attached hydrogens (tertiary/aromatic N) is 1. The Morgan fingerprint density at radius 2 is 1.92 bits per heavy atom. The van der Waals surface area contributed by atoms with Gasteiger partial charge >= 0.3 is 5.97 Å². The van der Waals surface area contributed by atoms with E-state index in [4.69, 9.17) is 23.9 Å². The van der Waals surface area contributed by atoms with Crippen LogP contribution in [0.15, 0.2) is 64.8 Å². The van der Waals surface area contributed by atoms with E-state index in [2.05, 4.69) is 0 Å². The molecule has 1 aliphatic carbocycles. The Hall–Kier alpha value is -3.45. The van der Waals surface area contributed by atoms with Gasteiger partial charge in [0.2, 0.25) is 0 Å². The fraction of sp³-hybridized carbons (Fsp3) is 0.433. The van der Waals surface area contributed by atoms with E-state index >= 15 is 0 Å². The van der Waals surface area contributed by atoms with Gasteiger partial charge in [-0.25, -0.2) is 0 Å². The van der Waals surface area contributed by atoms with Gasteiger partial charge in [0.05, 0.1) is 13.2 Å². The summed E-state index contributed by atoms with van der Waals surface area (Å²) >= 11 is 0. The highest BCUT2D eigenvalue weighted by atomic mass is 16.6. The Labute approximate surface area is 217 Å². The molecule has 194 valence electrons. The number of esters is 1. The second-order valence-electron chi connectivity index (χ2n) is 9.80. The van der Waals surface area contributed by atoms with Gasteiger partial charge in [0.25, 0.3) is 0 Å². The molecule has 0 spiro atoms. The Kier molecular flexibility index (Phi) is 7.70. The summed E-state index contributed by atoms with van der Waals surface area (Å²) in [6.45, 7) is 3.16.